The molecule has 52 valence electrons. The van der Waals surface area contributed by atoms with Crippen molar-refractivity contribution >= 4 is 23.0 Å². The summed E-state index contributed by atoms with van der Waals surface area (Å²) in [5, 5.41) is 2.82. The third kappa shape index (κ3) is 4.09. The van der Waals surface area contributed by atoms with E-state index < -0.39 is 0 Å². The normalized spacial score (nSPS) is 9.33. The zero-order valence-corrected chi connectivity index (χ0v) is 6.71. The monoisotopic (exact) mass is 145 g/mol. The lowest BCUT2D eigenvalue weighted by Crippen LogP contribution is -2.32. The van der Waals surface area contributed by atoms with Crippen molar-refractivity contribution in [1.29, 1.82) is 0 Å². The molecule has 0 fully saturated rings. The summed E-state index contributed by atoms with van der Waals surface area (Å²) in [6.45, 7) is 5.34. The summed E-state index contributed by atoms with van der Waals surface area (Å²) in [6, 6.07) is 0.251. The van der Waals surface area contributed by atoms with Crippen LogP contribution in [0.15, 0.2) is 0 Å². The number of hydrogen-bond donors (Lipinski definition) is 1. The quantitative estimate of drug-likeness (QED) is 0.585. The molecule has 0 spiro atoms. The summed E-state index contributed by atoms with van der Waals surface area (Å²) < 4.78 is 0. The lowest BCUT2D eigenvalue weighted by atomic mass is 10.3. The molecule has 0 heterocycles. The number of Topliss-reactive ketones (excluding diaryl/α,β-unsaturated/α-hetero) is 1. The Hall–Kier alpha value is -0.440. The third-order valence-electron chi connectivity index (χ3n) is 0.740. The summed E-state index contributed by atoms with van der Waals surface area (Å²) in [4.78, 5) is 10.8. The van der Waals surface area contributed by atoms with E-state index in [4.69, 9.17) is 12.2 Å². The van der Waals surface area contributed by atoms with Crippen LogP contribution in [-0.4, -0.2) is 16.8 Å². The van der Waals surface area contributed by atoms with Crippen LogP contribution in [-0.2, 0) is 4.79 Å². The first-order valence-corrected chi connectivity index (χ1v) is 3.26. The largest absolute Gasteiger partial charge is 0.371 e. The molecule has 0 saturated heterocycles. The van der Waals surface area contributed by atoms with Gasteiger partial charge in [0.25, 0.3) is 0 Å². The minimum Gasteiger partial charge on any atom is -0.371 e. The number of nitrogens with one attached hydrogen (secondary N) is 1. The van der Waals surface area contributed by atoms with E-state index in [9.17, 15) is 4.79 Å². The standard InChI is InChI=1S/C6H11NOS/c1-4(2)7-6(9)5(3)8/h4H,1-3H3,(H,7,9). The zero-order chi connectivity index (χ0) is 7.44. The predicted molar refractivity (Wildman–Crippen MR) is 41.6 cm³/mol. The van der Waals surface area contributed by atoms with Gasteiger partial charge in [0, 0.05) is 13.0 Å². The Balaban J connectivity index is 3.65. The van der Waals surface area contributed by atoms with Crippen LogP contribution in [0.4, 0.5) is 0 Å². The van der Waals surface area contributed by atoms with E-state index in [1.54, 1.807) is 0 Å². The van der Waals surface area contributed by atoms with Crippen molar-refractivity contribution in [3.8, 4) is 0 Å². The molecule has 2 nitrogen and oxygen atoms in total. The van der Waals surface area contributed by atoms with Gasteiger partial charge in [0.15, 0.2) is 5.78 Å². The number of carbonyl (C=O) groups excluding carboxylic acids is 1. The van der Waals surface area contributed by atoms with Gasteiger partial charge in [0.2, 0.25) is 0 Å². The first kappa shape index (κ1) is 8.56. The molecule has 0 bridgehead atoms. The first-order valence-electron chi connectivity index (χ1n) is 2.85. The molecule has 0 atom stereocenters. The van der Waals surface area contributed by atoms with E-state index in [1.807, 2.05) is 13.8 Å². The maximum Gasteiger partial charge on any atom is 0.186 e. The Morgan fingerprint density at radius 1 is 1.56 bits per heavy atom. The molecule has 0 saturated carbocycles. The second kappa shape index (κ2) is 3.56. The summed E-state index contributed by atoms with van der Waals surface area (Å²) in [6.07, 6.45) is 0. The van der Waals surface area contributed by atoms with Crippen LogP contribution in [0.3, 0.4) is 0 Å². The summed E-state index contributed by atoms with van der Waals surface area (Å²) in [5.41, 5.74) is 0. The molecule has 0 rings (SSSR count). The molecule has 0 aliphatic rings. The van der Waals surface area contributed by atoms with Gasteiger partial charge in [-0.25, -0.2) is 0 Å². The summed E-state index contributed by atoms with van der Waals surface area (Å²) in [5.74, 6) is -0.0706. The van der Waals surface area contributed by atoms with Crippen molar-refractivity contribution < 1.29 is 4.79 Å². The minimum atomic E-state index is -0.0706. The number of carbonyl (C=O) groups is 1. The van der Waals surface area contributed by atoms with E-state index in [0.29, 0.717) is 4.99 Å². The van der Waals surface area contributed by atoms with E-state index in [0.717, 1.165) is 0 Å². The molecule has 3 heteroatoms. The van der Waals surface area contributed by atoms with E-state index in [-0.39, 0.29) is 11.8 Å². The maximum absolute atomic E-state index is 10.5. The number of rotatable bonds is 2. The van der Waals surface area contributed by atoms with Crippen molar-refractivity contribution in [3.63, 3.8) is 0 Å². The molecule has 0 aromatic carbocycles. The Morgan fingerprint density at radius 2 is 2.00 bits per heavy atom. The highest BCUT2D eigenvalue weighted by atomic mass is 32.1. The molecule has 0 aromatic rings. The fourth-order valence-corrected chi connectivity index (χ4v) is 0.600. The number of ketones is 1. The second-order valence-corrected chi connectivity index (χ2v) is 2.59. The van der Waals surface area contributed by atoms with Gasteiger partial charge in [-0.15, -0.1) is 0 Å². The summed E-state index contributed by atoms with van der Waals surface area (Å²) in [7, 11) is 0. The Kier molecular flexibility index (Phi) is 3.39. The van der Waals surface area contributed by atoms with Crippen LogP contribution < -0.4 is 5.32 Å². The van der Waals surface area contributed by atoms with Crippen molar-refractivity contribution in [2.75, 3.05) is 0 Å². The van der Waals surface area contributed by atoms with Gasteiger partial charge >= 0.3 is 0 Å². The molecule has 0 aliphatic heterocycles. The van der Waals surface area contributed by atoms with Gasteiger partial charge < -0.3 is 5.32 Å². The maximum atomic E-state index is 10.5. The second-order valence-electron chi connectivity index (χ2n) is 2.18. The first-order chi connectivity index (χ1) is 4.04. The molecule has 0 radical (unpaired) electrons. The van der Waals surface area contributed by atoms with Crippen molar-refractivity contribution in [1.82, 2.24) is 5.32 Å². The average molecular weight is 145 g/mol. The van der Waals surface area contributed by atoms with E-state index >= 15 is 0 Å². The van der Waals surface area contributed by atoms with Crippen molar-refractivity contribution in [2.24, 2.45) is 0 Å². The highest BCUT2D eigenvalue weighted by Crippen LogP contribution is 1.80. The molecule has 0 unspecified atom stereocenters. The number of hydrogen-bond acceptors (Lipinski definition) is 2. The van der Waals surface area contributed by atoms with Crippen LogP contribution in [0.25, 0.3) is 0 Å². The van der Waals surface area contributed by atoms with Crippen LogP contribution in [0.1, 0.15) is 20.8 Å². The van der Waals surface area contributed by atoms with Crippen LogP contribution in [0.5, 0.6) is 0 Å². The average Bonchev–Trinajstić information content (AvgIpc) is 1.63. The summed E-state index contributed by atoms with van der Waals surface area (Å²) >= 11 is 4.69. The molecule has 0 aromatic heterocycles. The lowest BCUT2D eigenvalue weighted by Gasteiger charge is -2.06. The molecular weight excluding hydrogens is 134 g/mol. The van der Waals surface area contributed by atoms with Crippen molar-refractivity contribution in [2.45, 2.75) is 26.8 Å². The Labute approximate surface area is 60.6 Å². The Bertz CT molecular complexity index is 131. The highest BCUT2D eigenvalue weighted by Gasteiger charge is 2.01. The number of thiocarbonyl (C=S) groups is 1. The zero-order valence-electron chi connectivity index (χ0n) is 5.89. The van der Waals surface area contributed by atoms with Gasteiger partial charge in [0.05, 0.1) is 0 Å². The van der Waals surface area contributed by atoms with Gasteiger partial charge in [-0.3, -0.25) is 4.79 Å². The smallest absolute Gasteiger partial charge is 0.186 e. The van der Waals surface area contributed by atoms with Crippen LogP contribution in [0.2, 0.25) is 0 Å². The fraction of sp³-hybridized carbons (Fsp3) is 0.667. The topological polar surface area (TPSA) is 29.1 Å². The Morgan fingerprint density at radius 3 is 2.11 bits per heavy atom. The van der Waals surface area contributed by atoms with Gasteiger partial charge in [-0.2, -0.15) is 0 Å². The third-order valence-corrected chi connectivity index (χ3v) is 1.14. The highest BCUT2D eigenvalue weighted by molar-refractivity contribution is 7.82. The van der Waals surface area contributed by atoms with Gasteiger partial charge in [-0.05, 0) is 13.8 Å². The van der Waals surface area contributed by atoms with Crippen LogP contribution >= 0.6 is 12.2 Å². The van der Waals surface area contributed by atoms with Crippen LogP contribution in [0, 0.1) is 0 Å². The SMILES string of the molecule is CC(=O)C(=S)NC(C)C. The molecular formula is C6H11NOS. The van der Waals surface area contributed by atoms with Gasteiger partial charge in [0.1, 0.15) is 4.99 Å². The fourth-order valence-electron chi connectivity index (χ4n) is 0.364. The molecule has 0 aliphatic carbocycles. The lowest BCUT2D eigenvalue weighted by molar-refractivity contribution is -0.111. The molecule has 0 amide bonds. The van der Waals surface area contributed by atoms with Crippen molar-refractivity contribution in [3.05, 3.63) is 0 Å². The minimum absolute atomic E-state index is 0.0706. The van der Waals surface area contributed by atoms with E-state index in [1.165, 1.54) is 6.92 Å². The molecule has 1 N–H and O–H groups in total. The predicted octanol–water partition coefficient (Wildman–Crippen LogP) is 0.901. The molecule has 9 heavy (non-hydrogen) atoms. The van der Waals surface area contributed by atoms with Gasteiger partial charge in [-0.1, -0.05) is 12.2 Å². The van der Waals surface area contributed by atoms with E-state index in [2.05, 4.69) is 5.32 Å².